The van der Waals surface area contributed by atoms with Gasteiger partial charge in [0, 0.05) is 6.04 Å². The van der Waals surface area contributed by atoms with Gasteiger partial charge in [0.1, 0.15) is 0 Å². The van der Waals surface area contributed by atoms with E-state index in [9.17, 15) is 4.79 Å². The van der Waals surface area contributed by atoms with Crippen LogP contribution >= 0.6 is 0 Å². The first-order valence-corrected chi connectivity index (χ1v) is 9.69. The SMILES string of the molecule is CN1CCC(NC(=O)[C@@]2(Cc3ccccc3)C[C@H]3CC[C@H]2C3)CC1. The topological polar surface area (TPSA) is 32.3 Å². The Morgan fingerprint density at radius 2 is 1.92 bits per heavy atom. The molecule has 1 aromatic rings. The molecular weight excluding hydrogens is 296 g/mol. The zero-order valence-corrected chi connectivity index (χ0v) is 14.8. The Bertz CT molecular complexity index is 579. The molecule has 1 saturated heterocycles. The number of benzene rings is 1. The first-order valence-electron chi connectivity index (χ1n) is 9.69. The zero-order valence-electron chi connectivity index (χ0n) is 14.8. The molecule has 1 heterocycles. The minimum Gasteiger partial charge on any atom is -0.353 e. The maximum absolute atomic E-state index is 13.4. The predicted octanol–water partition coefficient (Wildman–Crippen LogP) is 3.25. The van der Waals surface area contributed by atoms with Gasteiger partial charge < -0.3 is 10.2 Å². The molecule has 0 spiro atoms. The lowest BCUT2D eigenvalue weighted by Gasteiger charge is -2.39. The number of carbonyl (C=O) groups is 1. The number of nitrogens with one attached hydrogen (secondary N) is 1. The molecule has 0 unspecified atom stereocenters. The van der Waals surface area contributed by atoms with E-state index < -0.39 is 0 Å². The van der Waals surface area contributed by atoms with Crippen molar-refractivity contribution in [3.05, 3.63) is 35.9 Å². The van der Waals surface area contributed by atoms with E-state index >= 15 is 0 Å². The second-order valence-electron chi connectivity index (χ2n) is 8.45. The molecule has 3 atom stereocenters. The van der Waals surface area contributed by atoms with E-state index in [0.29, 0.717) is 17.9 Å². The molecule has 0 aromatic heterocycles. The summed E-state index contributed by atoms with van der Waals surface area (Å²) in [6.07, 6.45) is 8.07. The van der Waals surface area contributed by atoms with Gasteiger partial charge in [-0.3, -0.25) is 4.79 Å². The van der Waals surface area contributed by atoms with E-state index in [1.807, 2.05) is 0 Å². The number of likely N-dealkylation sites (tertiary alicyclic amines) is 1. The van der Waals surface area contributed by atoms with Gasteiger partial charge in [-0.2, -0.15) is 0 Å². The first-order chi connectivity index (χ1) is 11.7. The van der Waals surface area contributed by atoms with Crippen LogP contribution in [0, 0.1) is 17.3 Å². The van der Waals surface area contributed by atoms with E-state index in [1.54, 1.807) is 0 Å². The van der Waals surface area contributed by atoms with Crippen LogP contribution in [0.15, 0.2) is 30.3 Å². The number of hydrogen-bond acceptors (Lipinski definition) is 2. The highest BCUT2D eigenvalue weighted by atomic mass is 16.2. The number of nitrogens with zero attached hydrogens (tertiary/aromatic N) is 1. The summed E-state index contributed by atoms with van der Waals surface area (Å²) in [5, 5.41) is 3.46. The summed E-state index contributed by atoms with van der Waals surface area (Å²) in [6, 6.07) is 11.0. The molecule has 130 valence electrons. The van der Waals surface area contributed by atoms with Crippen LogP contribution in [0.5, 0.6) is 0 Å². The van der Waals surface area contributed by atoms with E-state index in [2.05, 4.69) is 47.6 Å². The van der Waals surface area contributed by atoms with E-state index in [4.69, 9.17) is 0 Å². The Kier molecular flexibility index (Phi) is 4.38. The number of carbonyl (C=O) groups excluding carboxylic acids is 1. The van der Waals surface area contributed by atoms with Gasteiger partial charge in [0.2, 0.25) is 5.91 Å². The third-order valence-corrected chi connectivity index (χ3v) is 6.84. The minimum atomic E-state index is -0.145. The molecule has 1 aliphatic heterocycles. The van der Waals surface area contributed by atoms with Crippen LogP contribution in [0.25, 0.3) is 0 Å². The van der Waals surface area contributed by atoms with Crippen LogP contribution in [-0.2, 0) is 11.2 Å². The molecule has 0 radical (unpaired) electrons. The highest BCUT2D eigenvalue weighted by Crippen LogP contribution is 2.57. The maximum atomic E-state index is 13.4. The quantitative estimate of drug-likeness (QED) is 0.921. The van der Waals surface area contributed by atoms with Crippen LogP contribution in [0.2, 0.25) is 0 Å². The van der Waals surface area contributed by atoms with Gasteiger partial charge >= 0.3 is 0 Å². The van der Waals surface area contributed by atoms with Gasteiger partial charge in [-0.1, -0.05) is 36.8 Å². The monoisotopic (exact) mass is 326 g/mol. The lowest BCUT2D eigenvalue weighted by atomic mass is 9.68. The average Bonchev–Trinajstić information content (AvgIpc) is 3.19. The Hall–Kier alpha value is -1.35. The summed E-state index contributed by atoms with van der Waals surface area (Å²) in [4.78, 5) is 15.7. The number of piperidine rings is 1. The second kappa shape index (κ2) is 6.51. The van der Waals surface area contributed by atoms with Crippen LogP contribution in [-0.4, -0.2) is 37.0 Å². The molecule has 3 aliphatic rings. The third kappa shape index (κ3) is 2.99. The number of amides is 1. The van der Waals surface area contributed by atoms with Crippen LogP contribution in [0.4, 0.5) is 0 Å². The van der Waals surface area contributed by atoms with Crippen molar-refractivity contribution in [2.24, 2.45) is 17.3 Å². The Morgan fingerprint density at radius 1 is 1.17 bits per heavy atom. The van der Waals surface area contributed by atoms with Crippen molar-refractivity contribution < 1.29 is 4.79 Å². The highest BCUT2D eigenvalue weighted by Gasteiger charge is 2.55. The summed E-state index contributed by atoms with van der Waals surface area (Å²) in [6.45, 7) is 2.20. The normalized spacial score (nSPS) is 33.7. The van der Waals surface area contributed by atoms with Gasteiger partial charge in [-0.15, -0.1) is 0 Å². The zero-order chi connectivity index (χ0) is 16.6. The van der Waals surface area contributed by atoms with Gasteiger partial charge in [0.05, 0.1) is 5.41 Å². The van der Waals surface area contributed by atoms with E-state index in [-0.39, 0.29) is 5.41 Å². The molecule has 3 heteroatoms. The minimum absolute atomic E-state index is 0.145. The summed E-state index contributed by atoms with van der Waals surface area (Å²) in [5.41, 5.74) is 1.18. The molecule has 2 bridgehead atoms. The molecule has 24 heavy (non-hydrogen) atoms. The molecule has 1 aromatic carbocycles. The maximum Gasteiger partial charge on any atom is 0.227 e. The molecule has 3 nitrogen and oxygen atoms in total. The largest absolute Gasteiger partial charge is 0.353 e. The van der Waals surface area contributed by atoms with Gasteiger partial charge in [0.25, 0.3) is 0 Å². The van der Waals surface area contributed by atoms with Crippen molar-refractivity contribution >= 4 is 5.91 Å². The van der Waals surface area contributed by atoms with Crippen molar-refractivity contribution in [2.75, 3.05) is 20.1 Å². The number of rotatable bonds is 4. The van der Waals surface area contributed by atoms with Crippen LogP contribution < -0.4 is 5.32 Å². The molecule has 1 amide bonds. The van der Waals surface area contributed by atoms with E-state index in [0.717, 1.165) is 44.7 Å². The van der Waals surface area contributed by atoms with Gasteiger partial charge in [-0.25, -0.2) is 0 Å². The van der Waals surface area contributed by atoms with Crippen molar-refractivity contribution in [1.82, 2.24) is 10.2 Å². The van der Waals surface area contributed by atoms with Crippen LogP contribution in [0.3, 0.4) is 0 Å². The fourth-order valence-corrected chi connectivity index (χ4v) is 5.46. The molecular formula is C21H30N2O. The Balaban J connectivity index is 1.51. The molecule has 2 aliphatic carbocycles. The summed E-state index contributed by atoms with van der Waals surface area (Å²) < 4.78 is 0. The smallest absolute Gasteiger partial charge is 0.227 e. The lowest BCUT2D eigenvalue weighted by molar-refractivity contribution is -0.135. The Labute approximate surface area is 145 Å². The second-order valence-corrected chi connectivity index (χ2v) is 8.45. The van der Waals surface area contributed by atoms with Crippen LogP contribution in [0.1, 0.15) is 44.1 Å². The van der Waals surface area contributed by atoms with Crippen molar-refractivity contribution in [2.45, 2.75) is 51.0 Å². The van der Waals surface area contributed by atoms with Crippen molar-refractivity contribution in [3.8, 4) is 0 Å². The van der Waals surface area contributed by atoms with Crippen molar-refractivity contribution in [1.29, 1.82) is 0 Å². The lowest BCUT2D eigenvalue weighted by Crippen LogP contribution is -2.51. The number of hydrogen-bond donors (Lipinski definition) is 1. The fourth-order valence-electron chi connectivity index (χ4n) is 5.46. The molecule has 3 fully saturated rings. The summed E-state index contributed by atoms with van der Waals surface area (Å²) in [7, 11) is 2.17. The fraction of sp³-hybridized carbons (Fsp3) is 0.667. The number of fused-ring (bicyclic) bond motifs is 2. The van der Waals surface area contributed by atoms with Gasteiger partial charge in [0.15, 0.2) is 0 Å². The summed E-state index contributed by atoms with van der Waals surface area (Å²) in [5.74, 6) is 1.73. The van der Waals surface area contributed by atoms with Gasteiger partial charge in [-0.05, 0) is 76.1 Å². The Morgan fingerprint density at radius 3 is 2.54 bits per heavy atom. The van der Waals surface area contributed by atoms with Crippen molar-refractivity contribution in [3.63, 3.8) is 0 Å². The summed E-state index contributed by atoms with van der Waals surface area (Å²) >= 11 is 0. The highest BCUT2D eigenvalue weighted by molar-refractivity contribution is 5.84. The molecule has 4 rings (SSSR count). The standard InChI is InChI=1S/C21H30N2O/c1-23-11-9-19(10-12-23)22-20(24)21(14-16-5-3-2-4-6-16)15-17-7-8-18(21)13-17/h2-6,17-19H,7-15H2,1H3,(H,22,24)/t17-,18-,21-/m0/s1. The average molecular weight is 326 g/mol. The third-order valence-electron chi connectivity index (χ3n) is 6.84. The predicted molar refractivity (Wildman–Crippen MR) is 96.7 cm³/mol. The molecule has 1 N–H and O–H groups in total. The first kappa shape index (κ1) is 16.1. The van der Waals surface area contributed by atoms with E-state index in [1.165, 1.54) is 24.8 Å². The molecule has 2 saturated carbocycles.